The van der Waals surface area contributed by atoms with Crippen LogP contribution < -0.4 is 16.4 Å². The number of hydrogen-bond donors (Lipinski definition) is 3. The number of nitrogens with one attached hydrogen (secondary N) is 2. The first-order chi connectivity index (χ1) is 8.81. The Kier molecular flexibility index (Phi) is 4.66. The summed E-state index contributed by atoms with van der Waals surface area (Å²) in [5, 5.41) is 14.0. The van der Waals surface area contributed by atoms with Crippen LogP contribution in [0.1, 0.15) is 35.8 Å². The van der Waals surface area contributed by atoms with Crippen molar-refractivity contribution in [2.45, 2.75) is 25.3 Å². The second kappa shape index (κ2) is 6.46. The van der Waals surface area contributed by atoms with Crippen LogP contribution in [0.5, 0.6) is 0 Å². The summed E-state index contributed by atoms with van der Waals surface area (Å²) >= 11 is 0. The van der Waals surface area contributed by atoms with Crippen molar-refractivity contribution in [3.8, 4) is 0 Å². The molecule has 2 rings (SSSR count). The molecule has 1 aliphatic rings. The lowest BCUT2D eigenvalue weighted by Crippen LogP contribution is -2.29. The Morgan fingerprint density at radius 1 is 1.56 bits per heavy atom. The molecule has 0 aliphatic carbocycles. The smallest absolute Gasteiger partial charge is 0.273 e. The van der Waals surface area contributed by atoms with Gasteiger partial charge in [0.05, 0.1) is 12.2 Å². The van der Waals surface area contributed by atoms with Crippen molar-refractivity contribution in [1.82, 2.24) is 25.6 Å². The first kappa shape index (κ1) is 13.0. The molecule has 0 aromatic carbocycles. The predicted molar refractivity (Wildman–Crippen MR) is 67.2 cm³/mol. The first-order valence-electron chi connectivity index (χ1n) is 6.42. The van der Waals surface area contributed by atoms with E-state index in [1.807, 2.05) is 0 Å². The van der Waals surface area contributed by atoms with Gasteiger partial charge in [-0.15, -0.1) is 5.10 Å². The Bertz CT molecular complexity index is 385. The molecule has 7 nitrogen and oxygen atoms in total. The Labute approximate surface area is 106 Å². The van der Waals surface area contributed by atoms with Crippen molar-refractivity contribution in [1.29, 1.82) is 0 Å². The molecule has 2 heterocycles. The van der Waals surface area contributed by atoms with Crippen LogP contribution in [-0.4, -0.2) is 47.1 Å². The van der Waals surface area contributed by atoms with E-state index in [4.69, 9.17) is 5.73 Å². The van der Waals surface area contributed by atoms with Crippen LogP contribution in [0.15, 0.2) is 6.20 Å². The second-order valence-corrected chi connectivity index (χ2v) is 4.46. The average Bonchev–Trinajstić information content (AvgIpc) is 2.89. The quantitative estimate of drug-likeness (QED) is 0.601. The normalized spacial score (nSPS) is 16.7. The zero-order valence-corrected chi connectivity index (χ0v) is 10.4. The zero-order valence-electron chi connectivity index (χ0n) is 10.4. The molecule has 18 heavy (non-hydrogen) atoms. The van der Waals surface area contributed by atoms with Gasteiger partial charge < -0.3 is 16.4 Å². The van der Waals surface area contributed by atoms with Crippen molar-refractivity contribution >= 4 is 5.91 Å². The largest absolute Gasteiger partial charge is 0.351 e. The summed E-state index contributed by atoms with van der Waals surface area (Å²) in [5.74, 6) is -0.177. The minimum Gasteiger partial charge on any atom is -0.351 e. The number of amides is 1. The lowest BCUT2D eigenvalue weighted by atomic mass is 10.1. The molecular weight excluding hydrogens is 232 g/mol. The van der Waals surface area contributed by atoms with Gasteiger partial charge in [0.2, 0.25) is 0 Å². The zero-order chi connectivity index (χ0) is 12.8. The summed E-state index contributed by atoms with van der Waals surface area (Å²) in [4.78, 5) is 11.7. The van der Waals surface area contributed by atoms with E-state index in [2.05, 4.69) is 20.9 Å². The summed E-state index contributed by atoms with van der Waals surface area (Å²) in [6, 6.07) is 0.351. The van der Waals surface area contributed by atoms with Crippen molar-refractivity contribution in [2.24, 2.45) is 5.73 Å². The highest BCUT2D eigenvalue weighted by atomic mass is 16.2. The third kappa shape index (κ3) is 3.27. The summed E-state index contributed by atoms with van der Waals surface area (Å²) < 4.78 is 1.80. The van der Waals surface area contributed by atoms with Gasteiger partial charge in [-0.3, -0.25) is 4.79 Å². The van der Waals surface area contributed by atoms with Crippen LogP contribution in [0.3, 0.4) is 0 Å². The van der Waals surface area contributed by atoms with E-state index in [-0.39, 0.29) is 5.91 Å². The standard InChI is InChI=1S/C11H20N6O/c12-4-1-5-14-11(18)10-8-17(16-15-10)9-2-6-13-7-3-9/h8-9,13H,1-7,12H2,(H,14,18). The van der Waals surface area contributed by atoms with Gasteiger partial charge in [0.1, 0.15) is 0 Å². The molecule has 1 fully saturated rings. The number of carbonyl (C=O) groups excluding carboxylic acids is 1. The van der Waals surface area contributed by atoms with E-state index in [9.17, 15) is 4.79 Å². The van der Waals surface area contributed by atoms with Gasteiger partial charge >= 0.3 is 0 Å². The summed E-state index contributed by atoms with van der Waals surface area (Å²) in [7, 11) is 0. The lowest BCUT2D eigenvalue weighted by molar-refractivity contribution is 0.0948. The minimum atomic E-state index is -0.177. The summed E-state index contributed by atoms with van der Waals surface area (Å²) in [5.41, 5.74) is 5.75. The van der Waals surface area contributed by atoms with E-state index < -0.39 is 0 Å². The van der Waals surface area contributed by atoms with Crippen LogP contribution in [0.4, 0.5) is 0 Å². The van der Waals surface area contributed by atoms with E-state index in [1.165, 1.54) is 0 Å². The Morgan fingerprint density at radius 2 is 2.33 bits per heavy atom. The molecule has 1 aromatic heterocycles. The summed E-state index contributed by atoms with van der Waals surface area (Å²) in [6.07, 6.45) is 4.55. The predicted octanol–water partition coefficient (Wildman–Crippen LogP) is -0.719. The van der Waals surface area contributed by atoms with Crippen LogP contribution in [0, 0.1) is 0 Å². The van der Waals surface area contributed by atoms with Gasteiger partial charge in [-0.2, -0.15) is 0 Å². The van der Waals surface area contributed by atoms with Gasteiger partial charge in [-0.25, -0.2) is 4.68 Å². The molecule has 0 saturated carbocycles. The van der Waals surface area contributed by atoms with Crippen molar-refractivity contribution in [2.75, 3.05) is 26.2 Å². The number of rotatable bonds is 5. The van der Waals surface area contributed by atoms with Crippen molar-refractivity contribution in [3.05, 3.63) is 11.9 Å². The minimum absolute atomic E-state index is 0.177. The molecule has 4 N–H and O–H groups in total. The van der Waals surface area contributed by atoms with E-state index >= 15 is 0 Å². The molecular formula is C11H20N6O. The van der Waals surface area contributed by atoms with Gasteiger partial charge in [0.25, 0.3) is 5.91 Å². The molecule has 0 bridgehead atoms. The Morgan fingerprint density at radius 3 is 3.06 bits per heavy atom. The molecule has 7 heteroatoms. The van der Waals surface area contributed by atoms with Gasteiger partial charge in [-0.05, 0) is 38.9 Å². The number of nitrogens with two attached hydrogens (primary N) is 1. The van der Waals surface area contributed by atoms with E-state index in [0.29, 0.717) is 24.8 Å². The van der Waals surface area contributed by atoms with Crippen LogP contribution in [-0.2, 0) is 0 Å². The number of piperidine rings is 1. The third-order valence-electron chi connectivity index (χ3n) is 3.09. The monoisotopic (exact) mass is 252 g/mol. The molecule has 1 aromatic rings. The highest BCUT2D eigenvalue weighted by Gasteiger charge is 2.18. The molecule has 100 valence electrons. The highest BCUT2D eigenvalue weighted by Crippen LogP contribution is 2.16. The van der Waals surface area contributed by atoms with E-state index in [0.717, 1.165) is 32.4 Å². The van der Waals surface area contributed by atoms with Gasteiger partial charge in [0.15, 0.2) is 5.69 Å². The number of carbonyl (C=O) groups is 1. The maximum Gasteiger partial charge on any atom is 0.273 e. The number of nitrogens with zero attached hydrogens (tertiary/aromatic N) is 3. The summed E-state index contributed by atoms with van der Waals surface area (Å²) in [6.45, 7) is 3.13. The molecule has 0 radical (unpaired) electrons. The fraction of sp³-hybridized carbons (Fsp3) is 0.727. The molecule has 0 spiro atoms. The van der Waals surface area contributed by atoms with Crippen LogP contribution >= 0.6 is 0 Å². The lowest BCUT2D eigenvalue weighted by Gasteiger charge is -2.22. The van der Waals surface area contributed by atoms with Gasteiger partial charge in [0, 0.05) is 6.54 Å². The second-order valence-electron chi connectivity index (χ2n) is 4.46. The van der Waals surface area contributed by atoms with Crippen molar-refractivity contribution in [3.63, 3.8) is 0 Å². The van der Waals surface area contributed by atoms with Gasteiger partial charge in [-0.1, -0.05) is 5.21 Å². The molecule has 0 atom stereocenters. The molecule has 1 amide bonds. The maximum atomic E-state index is 11.7. The number of aromatic nitrogens is 3. The number of hydrogen-bond acceptors (Lipinski definition) is 5. The van der Waals surface area contributed by atoms with Crippen LogP contribution in [0.2, 0.25) is 0 Å². The molecule has 1 aliphatic heterocycles. The fourth-order valence-electron chi connectivity index (χ4n) is 2.02. The SMILES string of the molecule is NCCCNC(=O)c1cn(C2CCNCC2)nn1. The topological polar surface area (TPSA) is 97.9 Å². The molecule has 1 saturated heterocycles. The Balaban J connectivity index is 1.90. The first-order valence-corrected chi connectivity index (χ1v) is 6.42. The average molecular weight is 252 g/mol. The van der Waals surface area contributed by atoms with Crippen molar-refractivity contribution < 1.29 is 4.79 Å². The highest BCUT2D eigenvalue weighted by molar-refractivity contribution is 5.91. The maximum absolute atomic E-state index is 11.7. The molecule has 0 unspecified atom stereocenters. The van der Waals surface area contributed by atoms with Crippen LogP contribution in [0.25, 0.3) is 0 Å². The van der Waals surface area contributed by atoms with E-state index in [1.54, 1.807) is 10.9 Å². The third-order valence-corrected chi connectivity index (χ3v) is 3.09. The Hall–Kier alpha value is -1.47. The fourth-order valence-corrected chi connectivity index (χ4v) is 2.02.